The average Bonchev–Trinajstić information content (AvgIpc) is 2.41. The van der Waals surface area contributed by atoms with Crippen LogP contribution in [0.25, 0.3) is 0 Å². The van der Waals surface area contributed by atoms with Crippen molar-refractivity contribution in [2.75, 3.05) is 0 Å². The third-order valence-electron chi connectivity index (χ3n) is 2.31. The van der Waals surface area contributed by atoms with Crippen molar-refractivity contribution in [3.05, 3.63) is 22.6 Å². The summed E-state index contributed by atoms with van der Waals surface area (Å²) in [6, 6.07) is 0. The molecule has 0 saturated carbocycles. The van der Waals surface area contributed by atoms with E-state index in [1.165, 1.54) is 11.1 Å². The van der Waals surface area contributed by atoms with E-state index in [0.29, 0.717) is 6.54 Å². The molecule has 4 N–H and O–H groups in total. The molecule has 4 heteroatoms. The number of hydrogen-bond acceptors (Lipinski definition) is 4. The SMILES string of the molecule is Cc1c(CN)oc(CSC(C)N)c1C. The zero-order valence-corrected chi connectivity index (χ0v) is 9.78. The second-order valence-corrected chi connectivity index (χ2v) is 4.78. The molecule has 0 fully saturated rings. The van der Waals surface area contributed by atoms with Gasteiger partial charge in [0.05, 0.1) is 12.3 Å². The molecule has 80 valence electrons. The average molecular weight is 214 g/mol. The smallest absolute Gasteiger partial charge is 0.120 e. The first-order valence-corrected chi connectivity index (χ1v) is 5.76. The molecule has 0 bridgehead atoms. The number of rotatable bonds is 4. The van der Waals surface area contributed by atoms with Crippen LogP contribution in [0.4, 0.5) is 0 Å². The van der Waals surface area contributed by atoms with Crippen LogP contribution >= 0.6 is 11.8 Å². The Bertz CT molecular complexity index is 307. The summed E-state index contributed by atoms with van der Waals surface area (Å²) < 4.78 is 5.64. The van der Waals surface area contributed by atoms with Crippen LogP contribution in [0.3, 0.4) is 0 Å². The van der Waals surface area contributed by atoms with Crippen LogP contribution in [0.5, 0.6) is 0 Å². The van der Waals surface area contributed by atoms with E-state index in [1.54, 1.807) is 11.8 Å². The van der Waals surface area contributed by atoms with Gasteiger partial charge in [0, 0.05) is 5.37 Å². The topological polar surface area (TPSA) is 65.2 Å². The van der Waals surface area contributed by atoms with Gasteiger partial charge in [-0.2, -0.15) is 0 Å². The quantitative estimate of drug-likeness (QED) is 0.751. The lowest BCUT2D eigenvalue weighted by molar-refractivity contribution is 0.479. The Balaban J connectivity index is 2.77. The molecule has 0 aliphatic carbocycles. The lowest BCUT2D eigenvalue weighted by atomic mass is 10.1. The fraction of sp³-hybridized carbons (Fsp3) is 0.600. The molecule has 3 nitrogen and oxygen atoms in total. The summed E-state index contributed by atoms with van der Waals surface area (Å²) in [6.07, 6.45) is 0. The van der Waals surface area contributed by atoms with Crippen LogP contribution in [0.2, 0.25) is 0 Å². The first-order valence-electron chi connectivity index (χ1n) is 4.71. The summed E-state index contributed by atoms with van der Waals surface area (Å²) in [6.45, 7) is 6.55. The highest BCUT2D eigenvalue weighted by Crippen LogP contribution is 2.25. The standard InChI is InChI=1S/C10H18N2OS/c1-6-7(2)10(5-14-8(3)12)13-9(6)4-11/h8H,4-5,11-12H2,1-3H3. The van der Waals surface area contributed by atoms with E-state index in [1.807, 2.05) is 13.8 Å². The molecular formula is C10H18N2OS. The number of nitrogens with two attached hydrogens (primary N) is 2. The molecule has 1 atom stereocenters. The van der Waals surface area contributed by atoms with Gasteiger partial charge in [-0.1, -0.05) is 0 Å². The Morgan fingerprint density at radius 1 is 1.29 bits per heavy atom. The van der Waals surface area contributed by atoms with Crippen molar-refractivity contribution >= 4 is 11.8 Å². The van der Waals surface area contributed by atoms with E-state index in [-0.39, 0.29) is 5.37 Å². The minimum atomic E-state index is 0.140. The summed E-state index contributed by atoms with van der Waals surface area (Å²) in [5.74, 6) is 2.72. The molecule has 0 aromatic carbocycles. The monoisotopic (exact) mass is 214 g/mol. The van der Waals surface area contributed by atoms with Gasteiger partial charge < -0.3 is 15.9 Å². The summed E-state index contributed by atoms with van der Waals surface area (Å²) in [5.41, 5.74) is 13.6. The van der Waals surface area contributed by atoms with Crippen molar-refractivity contribution < 1.29 is 4.42 Å². The number of hydrogen-bond donors (Lipinski definition) is 2. The van der Waals surface area contributed by atoms with Crippen molar-refractivity contribution in [3.63, 3.8) is 0 Å². The second-order valence-electron chi connectivity index (χ2n) is 3.42. The Hall–Kier alpha value is -0.450. The lowest BCUT2D eigenvalue weighted by Gasteiger charge is -2.02. The molecule has 0 spiro atoms. The Morgan fingerprint density at radius 3 is 2.29 bits per heavy atom. The third-order valence-corrected chi connectivity index (χ3v) is 3.26. The molecule has 0 aliphatic heterocycles. The van der Waals surface area contributed by atoms with Gasteiger partial charge in [0.2, 0.25) is 0 Å². The second kappa shape index (κ2) is 4.87. The van der Waals surface area contributed by atoms with Crippen molar-refractivity contribution in [2.24, 2.45) is 11.5 Å². The Kier molecular flexibility index (Phi) is 4.04. The van der Waals surface area contributed by atoms with Crippen molar-refractivity contribution in [1.29, 1.82) is 0 Å². The highest BCUT2D eigenvalue weighted by Gasteiger charge is 2.12. The van der Waals surface area contributed by atoms with Crippen LogP contribution < -0.4 is 11.5 Å². The van der Waals surface area contributed by atoms with Gasteiger partial charge in [0.15, 0.2) is 0 Å². The van der Waals surface area contributed by atoms with Gasteiger partial charge in [-0.15, -0.1) is 11.8 Å². The third kappa shape index (κ3) is 2.53. The fourth-order valence-corrected chi connectivity index (χ4v) is 1.95. The van der Waals surface area contributed by atoms with Crippen LogP contribution in [0.1, 0.15) is 29.6 Å². The molecule has 0 amide bonds. The minimum Gasteiger partial charge on any atom is -0.463 e. The lowest BCUT2D eigenvalue weighted by Crippen LogP contribution is -2.09. The van der Waals surface area contributed by atoms with E-state index in [2.05, 4.69) is 6.92 Å². The predicted octanol–water partition coefficient (Wildman–Crippen LogP) is 1.89. The van der Waals surface area contributed by atoms with Crippen LogP contribution in [0, 0.1) is 13.8 Å². The summed E-state index contributed by atoms with van der Waals surface area (Å²) >= 11 is 1.67. The van der Waals surface area contributed by atoms with Crippen LogP contribution in [0.15, 0.2) is 4.42 Å². The summed E-state index contributed by atoms with van der Waals surface area (Å²) in [7, 11) is 0. The molecule has 14 heavy (non-hydrogen) atoms. The number of furan rings is 1. The maximum Gasteiger partial charge on any atom is 0.120 e. The van der Waals surface area contributed by atoms with Crippen LogP contribution in [-0.2, 0) is 12.3 Å². The molecule has 0 radical (unpaired) electrons. The zero-order valence-electron chi connectivity index (χ0n) is 8.96. The van der Waals surface area contributed by atoms with E-state index in [0.717, 1.165) is 17.3 Å². The van der Waals surface area contributed by atoms with Gasteiger partial charge in [-0.25, -0.2) is 0 Å². The van der Waals surface area contributed by atoms with Gasteiger partial charge in [0.25, 0.3) is 0 Å². The number of thioether (sulfide) groups is 1. The largest absolute Gasteiger partial charge is 0.463 e. The van der Waals surface area contributed by atoms with Gasteiger partial charge in [-0.3, -0.25) is 0 Å². The maximum absolute atomic E-state index is 5.66. The zero-order chi connectivity index (χ0) is 10.7. The highest BCUT2D eigenvalue weighted by molar-refractivity contribution is 7.99. The normalized spacial score (nSPS) is 13.2. The summed E-state index contributed by atoms with van der Waals surface area (Å²) in [4.78, 5) is 0. The van der Waals surface area contributed by atoms with E-state index in [4.69, 9.17) is 15.9 Å². The molecular weight excluding hydrogens is 196 g/mol. The fourth-order valence-electron chi connectivity index (χ4n) is 1.26. The molecule has 0 saturated heterocycles. The Labute approximate surface area is 89.2 Å². The first kappa shape index (κ1) is 11.6. The minimum absolute atomic E-state index is 0.140. The molecule has 1 rings (SSSR count). The molecule has 1 unspecified atom stereocenters. The van der Waals surface area contributed by atoms with E-state index < -0.39 is 0 Å². The Morgan fingerprint density at radius 2 is 1.86 bits per heavy atom. The van der Waals surface area contributed by atoms with Gasteiger partial charge in [-0.05, 0) is 31.9 Å². The van der Waals surface area contributed by atoms with Crippen molar-refractivity contribution in [2.45, 2.75) is 38.4 Å². The van der Waals surface area contributed by atoms with Gasteiger partial charge >= 0.3 is 0 Å². The van der Waals surface area contributed by atoms with Crippen LogP contribution in [-0.4, -0.2) is 5.37 Å². The first-order chi connectivity index (χ1) is 6.56. The molecule has 1 heterocycles. The summed E-state index contributed by atoms with van der Waals surface area (Å²) in [5, 5.41) is 0.140. The van der Waals surface area contributed by atoms with Crippen molar-refractivity contribution in [3.8, 4) is 0 Å². The van der Waals surface area contributed by atoms with E-state index in [9.17, 15) is 0 Å². The molecule has 0 aliphatic rings. The van der Waals surface area contributed by atoms with E-state index >= 15 is 0 Å². The maximum atomic E-state index is 5.66. The highest BCUT2D eigenvalue weighted by atomic mass is 32.2. The molecule has 1 aromatic heterocycles. The van der Waals surface area contributed by atoms with Gasteiger partial charge in [0.1, 0.15) is 11.5 Å². The molecule has 1 aromatic rings. The van der Waals surface area contributed by atoms with Crippen molar-refractivity contribution in [1.82, 2.24) is 0 Å². The predicted molar refractivity (Wildman–Crippen MR) is 61.0 cm³/mol.